The van der Waals surface area contributed by atoms with E-state index in [1.54, 1.807) is 4.90 Å². The zero-order valence-corrected chi connectivity index (χ0v) is 11.3. The molecule has 0 bridgehead atoms. The van der Waals surface area contributed by atoms with Gasteiger partial charge in [0.05, 0.1) is 5.56 Å². The molecule has 0 atom stereocenters. The SMILES string of the molecule is CCN(Cc1ccc(N)cc1)C(=O)c1ccc(=O)[nH]c1. The molecule has 1 amide bonds. The quantitative estimate of drug-likeness (QED) is 0.829. The van der Waals surface area contributed by atoms with Gasteiger partial charge in [0, 0.05) is 31.0 Å². The fourth-order valence-electron chi connectivity index (χ4n) is 1.90. The molecule has 0 aliphatic carbocycles. The lowest BCUT2D eigenvalue weighted by molar-refractivity contribution is 0.0752. The minimum atomic E-state index is -0.219. The summed E-state index contributed by atoms with van der Waals surface area (Å²) in [6, 6.07) is 10.3. The monoisotopic (exact) mass is 271 g/mol. The molecule has 0 fully saturated rings. The van der Waals surface area contributed by atoms with Crippen LogP contribution in [0.3, 0.4) is 0 Å². The van der Waals surface area contributed by atoms with Gasteiger partial charge in [0.2, 0.25) is 5.56 Å². The van der Waals surface area contributed by atoms with Crippen LogP contribution in [0.4, 0.5) is 5.69 Å². The highest BCUT2D eigenvalue weighted by molar-refractivity contribution is 5.93. The number of nitrogens with zero attached hydrogens (tertiary/aromatic N) is 1. The summed E-state index contributed by atoms with van der Waals surface area (Å²) < 4.78 is 0. The number of hydrogen-bond acceptors (Lipinski definition) is 3. The van der Waals surface area contributed by atoms with Crippen molar-refractivity contribution in [1.82, 2.24) is 9.88 Å². The Balaban J connectivity index is 2.15. The zero-order valence-electron chi connectivity index (χ0n) is 11.3. The number of pyridine rings is 1. The van der Waals surface area contributed by atoms with E-state index < -0.39 is 0 Å². The van der Waals surface area contributed by atoms with E-state index in [4.69, 9.17) is 5.73 Å². The third-order valence-corrected chi connectivity index (χ3v) is 3.05. The van der Waals surface area contributed by atoms with Crippen LogP contribution in [-0.4, -0.2) is 22.3 Å². The summed E-state index contributed by atoms with van der Waals surface area (Å²) in [6.45, 7) is 3.01. The minimum Gasteiger partial charge on any atom is -0.399 e. The van der Waals surface area contributed by atoms with E-state index >= 15 is 0 Å². The summed E-state index contributed by atoms with van der Waals surface area (Å²) in [4.78, 5) is 27.6. The maximum Gasteiger partial charge on any atom is 0.255 e. The first-order valence-corrected chi connectivity index (χ1v) is 6.42. The lowest BCUT2D eigenvalue weighted by Gasteiger charge is -2.21. The van der Waals surface area contributed by atoms with Crippen molar-refractivity contribution in [2.24, 2.45) is 0 Å². The number of hydrogen-bond donors (Lipinski definition) is 2. The third-order valence-electron chi connectivity index (χ3n) is 3.05. The smallest absolute Gasteiger partial charge is 0.255 e. The number of aromatic nitrogens is 1. The number of aromatic amines is 1. The van der Waals surface area contributed by atoms with E-state index in [1.165, 1.54) is 18.3 Å². The number of anilines is 1. The Morgan fingerprint density at radius 3 is 2.45 bits per heavy atom. The van der Waals surface area contributed by atoms with Gasteiger partial charge in [-0.2, -0.15) is 0 Å². The van der Waals surface area contributed by atoms with Crippen LogP contribution in [0.2, 0.25) is 0 Å². The molecule has 1 aromatic carbocycles. The summed E-state index contributed by atoms with van der Waals surface area (Å²) in [7, 11) is 0. The molecular formula is C15H17N3O2. The molecule has 5 nitrogen and oxygen atoms in total. The van der Waals surface area contributed by atoms with E-state index in [-0.39, 0.29) is 11.5 Å². The van der Waals surface area contributed by atoms with E-state index in [9.17, 15) is 9.59 Å². The fraction of sp³-hybridized carbons (Fsp3) is 0.200. The maximum atomic E-state index is 12.3. The van der Waals surface area contributed by atoms with Crippen molar-refractivity contribution in [3.05, 3.63) is 64.1 Å². The second-order valence-electron chi connectivity index (χ2n) is 4.50. The Hall–Kier alpha value is -2.56. The van der Waals surface area contributed by atoms with Gasteiger partial charge in [0.25, 0.3) is 5.91 Å². The molecule has 0 aliphatic heterocycles. The van der Waals surface area contributed by atoms with Crippen LogP contribution in [0, 0.1) is 0 Å². The van der Waals surface area contributed by atoms with Crippen molar-refractivity contribution in [2.75, 3.05) is 12.3 Å². The van der Waals surface area contributed by atoms with Crippen LogP contribution in [-0.2, 0) is 6.54 Å². The second-order valence-corrected chi connectivity index (χ2v) is 4.50. The largest absolute Gasteiger partial charge is 0.399 e. The molecule has 0 unspecified atom stereocenters. The number of carbonyl (C=O) groups excluding carboxylic acids is 1. The van der Waals surface area contributed by atoms with Gasteiger partial charge in [-0.3, -0.25) is 9.59 Å². The van der Waals surface area contributed by atoms with Gasteiger partial charge in [0.1, 0.15) is 0 Å². The van der Waals surface area contributed by atoms with Gasteiger partial charge in [-0.15, -0.1) is 0 Å². The zero-order chi connectivity index (χ0) is 14.5. The molecule has 0 radical (unpaired) electrons. The molecule has 1 heterocycles. The van der Waals surface area contributed by atoms with Crippen LogP contribution < -0.4 is 11.3 Å². The van der Waals surface area contributed by atoms with Crippen molar-refractivity contribution in [3.63, 3.8) is 0 Å². The molecule has 104 valence electrons. The Bertz CT molecular complexity index is 626. The third kappa shape index (κ3) is 3.26. The van der Waals surface area contributed by atoms with E-state index in [0.29, 0.717) is 24.3 Å². The van der Waals surface area contributed by atoms with Gasteiger partial charge in [-0.1, -0.05) is 12.1 Å². The first kappa shape index (κ1) is 13.9. The van der Waals surface area contributed by atoms with Crippen LogP contribution >= 0.6 is 0 Å². The first-order valence-electron chi connectivity index (χ1n) is 6.42. The number of H-pyrrole nitrogens is 1. The summed E-state index contributed by atoms with van der Waals surface area (Å²) in [5, 5.41) is 0. The number of rotatable bonds is 4. The van der Waals surface area contributed by atoms with Crippen molar-refractivity contribution in [2.45, 2.75) is 13.5 Å². The lowest BCUT2D eigenvalue weighted by atomic mass is 10.1. The number of carbonyl (C=O) groups is 1. The van der Waals surface area contributed by atoms with Crippen molar-refractivity contribution >= 4 is 11.6 Å². The number of nitrogen functional groups attached to an aromatic ring is 1. The maximum absolute atomic E-state index is 12.3. The number of nitrogens with one attached hydrogen (secondary N) is 1. The fourth-order valence-corrected chi connectivity index (χ4v) is 1.90. The second kappa shape index (κ2) is 6.06. The van der Waals surface area contributed by atoms with Crippen LogP contribution in [0.15, 0.2) is 47.4 Å². The minimum absolute atomic E-state index is 0.111. The Morgan fingerprint density at radius 1 is 1.20 bits per heavy atom. The topological polar surface area (TPSA) is 79.2 Å². The summed E-state index contributed by atoms with van der Waals surface area (Å²) in [5.41, 5.74) is 7.61. The van der Waals surface area contributed by atoms with Crippen LogP contribution in [0.1, 0.15) is 22.8 Å². The molecule has 0 saturated carbocycles. The highest BCUT2D eigenvalue weighted by atomic mass is 16.2. The van der Waals surface area contributed by atoms with Gasteiger partial charge < -0.3 is 15.6 Å². The van der Waals surface area contributed by atoms with Crippen molar-refractivity contribution < 1.29 is 4.79 Å². The highest BCUT2D eigenvalue weighted by Crippen LogP contribution is 2.11. The summed E-state index contributed by atoms with van der Waals surface area (Å²) in [6.07, 6.45) is 1.44. The molecule has 3 N–H and O–H groups in total. The number of nitrogens with two attached hydrogens (primary N) is 1. The van der Waals surface area contributed by atoms with E-state index in [0.717, 1.165) is 5.56 Å². The van der Waals surface area contributed by atoms with E-state index in [1.807, 2.05) is 31.2 Å². The molecule has 0 saturated heterocycles. The predicted octanol–water partition coefficient (Wildman–Crippen LogP) is 1.62. The molecule has 2 rings (SSSR count). The van der Waals surface area contributed by atoms with Crippen molar-refractivity contribution in [3.8, 4) is 0 Å². The molecule has 0 spiro atoms. The Labute approximate surface area is 117 Å². The van der Waals surface area contributed by atoms with Gasteiger partial charge in [0.15, 0.2) is 0 Å². The molecule has 0 aliphatic rings. The van der Waals surface area contributed by atoms with E-state index in [2.05, 4.69) is 4.98 Å². The first-order chi connectivity index (χ1) is 9.60. The van der Waals surface area contributed by atoms with Gasteiger partial charge >= 0.3 is 0 Å². The molecule has 20 heavy (non-hydrogen) atoms. The predicted molar refractivity (Wildman–Crippen MR) is 78.3 cm³/mol. The Kier molecular flexibility index (Phi) is 4.20. The lowest BCUT2D eigenvalue weighted by Crippen LogP contribution is -2.30. The van der Waals surface area contributed by atoms with Crippen LogP contribution in [0.25, 0.3) is 0 Å². The van der Waals surface area contributed by atoms with Gasteiger partial charge in [-0.05, 0) is 30.7 Å². The van der Waals surface area contributed by atoms with Gasteiger partial charge in [-0.25, -0.2) is 0 Å². The van der Waals surface area contributed by atoms with Crippen LogP contribution in [0.5, 0.6) is 0 Å². The average Bonchev–Trinajstić information content (AvgIpc) is 2.47. The van der Waals surface area contributed by atoms with Crippen molar-refractivity contribution in [1.29, 1.82) is 0 Å². The number of amides is 1. The Morgan fingerprint density at radius 2 is 1.90 bits per heavy atom. The molecular weight excluding hydrogens is 254 g/mol. The number of benzene rings is 1. The molecule has 5 heteroatoms. The standard InChI is InChI=1S/C15H17N3O2/c1-2-18(10-11-3-6-13(16)7-4-11)15(20)12-5-8-14(19)17-9-12/h3-9H,2,10,16H2,1H3,(H,17,19). The highest BCUT2D eigenvalue weighted by Gasteiger charge is 2.14. The molecule has 2 aromatic rings. The summed E-state index contributed by atoms with van der Waals surface area (Å²) >= 11 is 0. The molecule has 1 aromatic heterocycles. The average molecular weight is 271 g/mol. The summed E-state index contributed by atoms with van der Waals surface area (Å²) in [5.74, 6) is -0.111. The normalized spacial score (nSPS) is 10.2.